The lowest BCUT2D eigenvalue weighted by Gasteiger charge is -2.05. The zero-order valence-corrected chi connectivity index (χ0v) is 11.1. The summed E-state index contributed by atoms with van der Waals surface area (Å²) in [5, 5.41) is 11.6. The average Bonchev–Trinajstić information content (AvgIpc) is 3.20. The first-order chi connectivity index (χ1) is 9.06. The summed E-state index contributed by atoms with van der Waals surface area (Å²) in [4.78, 5) is 22.7. The third-order valence-electron chi connectivity index (χ3n) is 2.89. The van der Waals surface area contributed by atoms with Gasteiger partial charge in [0.25, 0.3) is 0 Å². The summed E-state index contributed by atoms with van der Waals surface area (Å²) in [7, 11) is -1.51. The van der Waals surface area contributed by atoms with Gasteiger partial charge in [0, 0.05) is 11.4 Å². The van der Waals surface area contributed by atoms with Crippen molar-refractivity contribution < 1.29 is 18.9 Å². The smallest absolute Gasteiger partial charge is 0.335 e. The van der Waals surface area contributed by atoms with Crippen molar-refractivity contribution in [2.75, 3.05) is 12.3 Å². The van der Waals surface area contributed by atoms with Crippen LogP contribution in [0.15, 0.2) is 29.2 Å². The van der Waals surface area contributed by atoms with E-state index in [1.165, 1.54) is 18.2 Å². The van der Waals surface area contributed by atoms with Crippen LogP contribution in [0.25, 0.3) is 0 Å². The Morgan fingerprint density at radius 2 is 2.11 bits per heavy atom. The first kappa shape index (κ1) is 13.7. The number of amides is 1. The molecule has 0 aliphatic heterocycles. The van der Waals surface area contributed by atoms with E-state index in [9.17, 15) is 13.8 Å². The van der Waals surface area contributed by atoms with E-state index >= 15 is 0 Å². The van der Waals surface area contributed by atoms with E-state index in [2.05, 4.69) is 5.32 Å². The van der Waals surface area contributed by atoms with Crippen LogP contribution in [-0.4, -0.2) is 33.5 Å². The van der Waals surface area contributed by atoms with Gasteiger partial charge >= 0.3 is 5.97 Å². The molecule has 0 radical (unpaired) electrons. The van der Waals surface area contributed by atoms with E-state index in [-0.39, 0.29) is 17.2 Å². The molecule has 1 saturated carbocycles. The molecule has 0 spiro atoms. The van der Waals surface area contributed by atoms with Gasteiger partial charge in [-0.05, 0) is 37.0 Å². The van der Waals surface area contributed by atoms with Gasteiger partial charge in [0.1, 0.15) is 5.75 Å². The van der Waals surface area contributed by atoms with E-state index in [4.69, 9.17) is 5.11 Å². The molecule has 5 nitrogen and oxygen atoms in total. The number of aromatic carboxylic acids is 1. The fraction of sp³-hybridized carbons (Fsp3) is 0.385. The highest BCUT2D eigenvalue weighted by Gasteiger charge is 2.22. The third kappa shape index (κ3) is 4.17. The maximum Gasteiger partial charge on any atom is 0.335 e. The molecule has 1 aliphatic rings. The van der Waals surface area contributed by atoms with Crippen LogP contribution in [0.4, 0.5) is 0 Å². The van der Waals surface area contributed by atoms with Gasteiger partial charge in [-0.3, -0.25) is 9.00 Å². The van der Waals surface area contributed by atoms with Crippen LogP contribution in [0.5, 0.6) is 0 Å². The zero-order valence-electron chi connectivity index (χ0n) is 10.3. The minimum absolute atomic E-state index is 0.0734. The Hall–Kier alpha value is -1.69. The van der Waals surface area contributed by atoms with Crippen LogP contribution in [0.3, 0.4) is 0 Å². The van der Waals surface area contributed by atoms with Gasteiger partial charge in [0.15, 0.2) is 0 Å². The summed E-state index contributed by atoms with van der Waals surface area (Å²) < 4.78 is 11.9. The molecule has 1 atom stereocenters. The van der Waals surface area contributed by atoms with Crippen molar-refractivity contribution in [1.29, 1.82) is 0 Å². The number of benzene rings is 1. The van der Waals surface area contributed by atoms with Crippen molar-refractivity contribution in [3.63, 3.8) is 0 Å². The number of rotatable bonds is 6. The molecule has 0 heterocycles. The Morgan fingerprint density at radius 3 is 2.74 bits per heavy atom. The zero-order chi connectivity index (χ0) is 13.8. The number of hydrogen-bond donors (Lipinski definition) is 2. The van der Waals surface area contributed by atoms with Crippen LogP contribution < -0.4 is 5.32 Å². The van der Waals surface area contributed by atoms with Crippen molar-refractivity contribution in [2.24, 2.45) is 5.92 Å². The molecule has 1 amide bonds. The summed E-state index contributed by atoms with van der Waals surface area (Å²) in [5.74, 6) is -0.883. The average molecular weight is 281 g/mol. The van der Waals surface area contributed by atoms with Crippen LogP contribution in [0.2, 0.25) is 0 Å². The van der Waals surface area contributed by atoms with E-state index in [1.54, 1.807) is 6.07 Å². The van der Waals surface area contributed by atoms with Crippen LogP contribution >= 0.6 is 0 Å². The molecule has 1 fully saturated rings. The molecule has 19 heavy (non-hydrogen) atoms. The van der Waals surface area contributed by atoms with Crippen molar-refractivity contribution in [3.05, 3.63) is 29.8 Å². The Morgan fingerprint density at radius 1 is 1.37 bits per heavy atom. The maximum absolute atomic E-state index is 11.9. The first-order valence-electron chi connectivity index (χ1n) is 6.04. The highest BCUT2D eigenvalue weighted by molar-refractivity contribution is 7.85. The third-order valence-corrected chi connectivity index (χ3v) is 4.19. The first-order valence-corrected chi connectivity index (χ1v) is 7.36. The molecule has 0 bridgehead atoms. The number of hydrogen-bond acceptors (Lipinski definition) is 3. The standard InChI is InChI=1S/C13H15NO4S/c15-12(14-7-9-4-5-9)8-19(18)11-3-1-2-10(6-11)13(16)17/h1-3,6,9H,4-5,7-8H2,(H,14,15)(H,16,17). The number of carbonyl (C=O) groups is 2. The fourth-order valence-electron chi connectivity index (χ4n) is 1.60. The SMILES string of the molecule is O=C(CS(=O)c1cccc(C(=O)O)c1)NCC1CC1. The number of carboxylic acid groups (broad SMARTS) is 1. The Bertz CT molecular complexity index is 525. The predicted octanol–water partition coefficient (Wildman–Crippen LogP) is 1.02. The number of carboxylic acids is 1. The van der Waals surface area contributed by atoms with E-state index in [0.717, 1.165) is 12.8 Å². The minimum atomic E-state index is -1.51. The van der Waals surface area contributed by atoms with Crippen molar-refractivity contribution >= 4 is 22.7 Å². The van der Waals surface area contributed by atoms with Crippen LogP contribution in [0.1, 0.15) is 23.2 Å². The fourth-order valence-corrected chi connectivity index (χ4v) is 2.60. The largest absolute Gasteiger partial charge is 0.478 e. The van der Waals surface area contributed by atoms with Crippen molar-refractivity contribution in [3.8, 4) is 0 Å². The predicted molar refractivity (Wildman–Crippen MR) is 70.4 cm³/mol. The highest BCUT2D eigenvalue weighted by Crippen LogP contribution is 2.27. The molecule has 102 valence electrons. The molecule has 1 aromatic rings. The quantitative estimate of drug-likeness (QED) is 0.815. The van der Waals surface area contributed by atoms with Crippen molar-refractivity contribution in [1.82, 2.24) is 5.32 Å². The topological polar surface area (TPSA) is 83.5 Å². The summed E-state index contributed by atoms with van der Waals surface area (Å²) in [6.45, 7) is 0.644. The van der Waals surface area contributed by atoms with Gasteiger partial charge in [-0.25, -0.2) is 4.79 Å². The molecular weight excluding hydrogens is 266 g/mol. The maximum atomic E-state index is 11.9. The summed E-state index contributed by atoms with van der Waals surface area (Å²) in [6.07, 6.45) is 2.29. The molecular formula is C13H15NO4S. The summed E-state index contributed by atoms with van der Waals surface area (Å²) in [6, 6.07) is 5.86. The van der Waals surface area contributed by atoms with Gasteiger partial charge < -0.3 is 10.4 Å². The van der Waals surface area contributed by atoms with Gasteiger partial charge in [-0.2, -0.15) is 0 Å². The number of carbonyl (C=O) groups excluding carboxylic acids is 1. The molecule has 1 aliphatic carbocycles. The van der Waals surface area contributed by atoms with Crippen LogP contribution in [-0.2, 0) is 15.6 Å². The molecule has 1 unspecified atom stereocenters. The Labute approximate surface area is 113 Å². The van der Waals surface area contributed by atoms with E-state index in [0.29, 0.717) is 17.4 Å². The second-order valence-corrected chi connectivity index (χ2v) is 6.02. The molecule has 2 rings (SSSR count). The minimum Gasteiger partial charge on any atom is -0.478 e. The van der Waals surface area contributed by atoms with E-state index in [1.807, 2.05) is 0 Å². The molecule has 6 heteroatoms. The van der Waals surface area contributed by atoms with Gasteiger partial charge in [-0.15, -0.1) is 0 Å². The monoisotopic (exact) mass is 281 g/mol. The summed E-state index contributed by atoms with van der Waals surface area (Å²) >= 11 is 0. The van der Waals surface area contributed by atoms with Gasteiger partial charge in [0.05, 0.1) is 16.4 Å². The summed E-state index contributed by atoms with van der Waals surface area (Å²) in [5.41, 5.74) is 0.0734. The second-order valence-electron chi connectivity index (χ2n) is 4.57. The van der Waals surface area contributed by atoms with E-state index < -0.39 is 16.8 Å². The Balaban J connectivity index is 1.92. The molecule has 0 aromatic heterocycles. The van der Waals surface area contributed by atoms with Gasteiger partial charge in [-0.1, -0.05) is 6.07 Å². The molecule has 2 N–H and O–H groups in total. The lowest BCUT2D eigenvalue weighted by atomic mass is 10.2. The normalized spacial score (nSPS) is 15.8. The molecule has 0 saturated heterocycles. The lowest BCUT2D eigenvalue weighted by molar-refractivity contribution is -0.118. The lowest BCUT2D eigenvalue weighted by Crippen LogP contribution is -2.30. The van der Waals surface area contributed by atoms with Gasteiger partial charge in [0.2, 0.25) is 5.91 Å². The number of nitrogens with one attached hydrogen (secondary N) is 1. The highest BCUT2D eigenvalue weighted by atomic mass is 32.2. The Kier molecular flexibility index (Phi) is 4.31. The van der Waals surface area contributed by atoms with Crippen LogP contribution in [0, 0.1) is 5.92 Å². The second kappa shape index (κ2) is 5.97. The molecule has 1 aromatic carbocycles. The van der Waals surface area contributed by atoms with Crippen molar-refractivity contribution in [2.45, 2.75) is 17.7 Å².